The molecule has 0 spiro atoms. The molecule has 3 nitrogen and oxygen atoms in total. The van der Waals surface area contributed by atoms with Crippen LogP contribution >= 0.6 is 0 Å². The van der Waals surface area contributed by atoms with Crippen molar-refractivity contribution in [1.29, 1.82) is 0 Å². The summed E-state index contributed by atoms with van der Waals surface area (Å²) in [4.78, 5) is 4.48. The fourth-order valence-electron chi connectivity index (χ4n) is 1.65. The summed E-state index contributed by atoms with van der Waals surface area (Å²) in [5.74, 6) is 2.76. The van der Waals surface area contributed by atoms with Gasteiger partial charge < -0.3 is 9.73 Å². The Hall–Kier alpha value is -0.830. The summed E-state index contributed by atoms with van der Waals surface area (Å²) >= 11 is 0. The van der Waals surface area contributed by atoms with E-state index in [0.29, 0.717) is 5.92 Å². The lowest BCUT2D eigenvalue weighted by Crippen LogP contribution is -2.22. The van der Waals surface area contributed by atoms with E-state index in [4.69, 9.17) is 4.42 Å². The summed E-state index contributed by atoms with van der Waals surface area (Å²) in [6.07, 6.45) is 3.55. The minimum absolute atomic E-state index is 0.649. The largest absolute Gasteiger partial charge is 0.445 e. The molecule has 0 unspecified atom stereocenters. The maximum atomic E-state index is 5.68. The zero-order chi connectivity index (χ0) is 7.97. The normalized spacial score (nSPS) is 22.3. The van der Waals surface area contributed by atoms with Crippen molar-refractivity contribution in [2.75, 3.05) is 6.54 Å². The van der Waals surface area contributed by atoms with Crippen LogP contribution in [0.25, 0.3) is 0 Å². The van der Waals surface area contributed by atoms with Crippen LogP contribution in [-0.4, -0.2) is 11.5 Å². The molecule has 64 valence electrons. The molecule has 1 aliphatic heterocycles. The first-order valence-corrected chi connectivity index (χ1v) is 4.62. The van der Waals surface area contributed by atoms with Gasteiger partial charge in [0.05, 0.1) is 5.69 Å². The second-order valence-corrected chi connectivity index (χ2v) is 3.62. The van der Waals surface area contributed by atoms with Crippen molar-refractivity contribution < 1.29 is 4.42 Å². The summed E-state index contributed by atoms with van der Waals surface area (Å²) in [7, 11) is 0. The minimum Gasteiger partial charge on any atom is -0.445 e. The molecule has 0 amide bonds. The maximum absolute atomic E-state index is 5.68. The van der Waals surface area contributed by atoms with Gasteiger partial charge in [-0.3, -0.25) is 0 Å². The van der Waals surface area contributed by atoms with Gasteiger partial charge in [0.2, 0.25) is 0 Å². The van der Waals surface area contributed by atoms with Gasteiger partial charge in [0.25, 0.3) is 0 Å². The van der Waals surface area contributed by atoms with E-state index in [1.54, 1.807) is 0 Å². The quantitative estimate of drug-likeness (QED) is 0.677. The summed E-state index contributed by atoms with van der Waals surface area (Å²) < 4.78 is 5.68. The highest BCUT2D eigenvalue weighted by molar-refractivity contribution is 5.16. The summed E-state index contributed by atoms with van der Waals surface area (Å²) in [6, 6.07) is 0. The Balaban J connectivity index is 1.97. The molecule has 0 aromatic carbocycles. The van der Waals surface area contributed by atoms with Crippen molar-refractivity contribution in [3.05, 3.63) is 17.3 Å². The van der Waals surface area contributed by atoms with Crippen molar-refractivity contribution in [2.45, 2.75) is 31.7 Å². The van der Waals surface area contributed by atoms with E-state index in [1.807, 2.05) is 0 Å². The van der Waals surface area contributed by atoms with Gasteiger partial charge in [0.15, 0.2) is 5.89 Å². The monoisotopic (exact) mass is 164 g/mol. The molecule has 1 saturated carbocycles. The third-order valence-corrected chi connectivity index (χ3v) is 2.54. The Morgan fingerprint density at radius 2 is 2.33 bits per heavy atom. The van der Waals surface area contributed by atoms with Crippen molar-refractivity contribution in [1.82, 2.24) is 10.3 Å². The van der Waals surface area contributed by atoms with Gasteiger partial charge in [-0.2, -0.15) is 0 Å². The van der Waals surface area contributed by atoms with E-state index in [-0.39, 0.29) is 0 Å². The van der Waals surface area contributed by atoms with Gasteiger partial charge in [0, 0.05) is 25.4 Å². The number of aromatic nitrogens is 1. The lowest BCUT2D eigenvalue weighted by atomic mass is 10.2. The van der Waals surface area contributed by atoms with Gasteiger partial charge in [0.1, 0.15) is 5.76 Å². The zero-order valence-electron chi connectivity index (χ0n) is 6.97. The fraction of sp³-hybridized carbons (Fsp3) is 0.667. The number of fused-ring (bicyclic) bond motifs is 1. The summed E-state index contributed by atoms with van der Waals surface area (Å²) in [6.45, 7) is 1.93. The van der Waals surface area contributed by atoms with Crippen LogP contribution in [0.1, 0.15) is 36.1 Å². The molecule has 12 heavy (non-hydrogen) atoms. The predicted octanol–water partition coefficient (Wildman–Crippen LogP) is 1.20. The Morgan fingerprint density at radius 3 is 3.08 bits per heavy atom. The van der Waals surface area contributed by atoms with E-state index in [9.17, 15) is 0 Å². The van der Waals surface area contributed by atoms with Gasteiger partial charge >= 0.3 is 0 Å². The third-order valence-electron chi connectivity index (χ3n) is 2.54. The highest BCUT2D eigenvalue weighted by atomic mass is 16.4. The standard InChI is InChI=1S/C9H12N2O/c1-2-6(1)9-11-7-5-10-4-3-8(7)12-9/h6,10H,1-5H2. The van der Waals surface area contributed by atoms with Crippen LogP contribution in [0, 0.1) is 0 Å². The molecule has 2 heterocycles. The van der Waals surface area contributed by atoms with Crippen LogP contribution in [0.3, 0.4) is 0 Å². The fourth-order valence-corrected chi connectivity index (χ4v) is 1.65. The first-order valence-electron chi connectivity index (χ1n) is 4.62. The average molecular weight is 164 g/mol. The third kappa shape index (κ3) is 0.966. The first-order chi connectivity index (χ1) is 5.93. The molecule has 1 aromatic rings. The Bertz CT molecular complexity index is 278. The molecule has 1 N–H and O–H groups in total. The predicted molar refractivity (Wildman–Crippen MR) is 43.9 cm³/mol. The molecule has 1 aliphatic carbocycles. The van der Waals surface area contributed by atoms with Crippen molar-refractivity contribution >= 4 is 0 Å². The first kappa shape index (κ1) is 6.66. The lowest BCUT2D eigenvalue weighted by molar-refractivity contribution is 0.439. The number of oxazole rings is 1. The molecule has 3 heteroatoms. The summed E-state index contributed by atoms with van der Waals surface area (Å²) in [5.41, 5.74) is 1.14. The second-order valence-electron chi connectivity index (χ2n) is 3.62. The zero-order valence-corrected chi connectivity index (χ0v) is 6.97. The van der Waals surface area contributed by atoms with Gasteiger partial charge in [-0.05, 0) is 12.8 Å². The van der Waals surface area contributed by atoms with E-state index in [0.717, 1.165) is 36.9 Å². The number of hydrogen-bond donors (Lipinski definition) is 1. The van der Waals surface area contributed by atoms with Crippen molar-refractivity contribution in [3.63, 3.8) is 0 Å². The summed E-state index contributed by atoms with van der Waals surface area (Å²) in [5, 5.41) is 3.29. The van der Waals surface area contributed by atoms with Crippen LogP contribution in [-0.2, 0) is 13.0 Å². The number of hydrogen-bond acceptors (Lipinski definition) is 3. The van der Waals surface area contributed by atoms with Crippen LogP contribution in [0.2, 0.25) is 0 Å². The molecule has 1 aromatic heterocycles. The molecular formula is C9H12N2O. The number of nitrogens with zero attached hydrogens (tertiary/aromatic N) is 1. The van der Waals surface area contributed by atoms with Crippen LogP contribution < -0.4 is 5.32 Å². The van der Waals surface area contributed by atoms with Crippen LogP contribution in [0.15, 0.2) is 4.42 Å². The molecule has 0 radical (unpaired) electrons. The Kier molecular flexibility index (Phi) is 1.29. The van der Waals surface area contributed by atoms with Crippen molar-refractivity contribution in [3.8, 4) is 0 Å². The smallest absolute Gasteiger partial charge is 0.197 e. The topological polar surface area (TPSA) is 38.1 Å². The average Bonchev–Trinajstić information content (AvgIpc) is 2.85. The minimum atomic E-state index is 0.649. The van der Waals surface area contributed by atoms with Gasteiger partial charge in [-0.25, -0.2) is 4.98 Å². The lowest BCUT2D eigenvalue weighted by Gasteiger charge is -2.08. The van der Waals surface area contributed by atoms with Crippen molar-refractivity contribution in [2.24, 2.45) is 0 Å². The van der Waals surface area contributed by atoms with Crippen LogP contribution in [0.5, 0.6) is 0 Å². The second kappa shape index (κ2) is 2.33. The Morgan fingerprint density at radius 1 is 1.42 bits per heavy atom. The van der Waals surface area contributed by atoms with Gasteiger partial charge in [-0.1, -0.05) is 0 Å². The Labute approximate surface area is 71.2 Å². The highest BCUT2D eigenvalue weighted by Crippen LogP contribution is 2.40. The van der Waals surface area contributed by atoms with Crippen LogP contribution in [0.4, 0.5) is 0 Å². The molecule has 1 fully saturated rings. The molecule has 0 atom stereocenters. The molecular weight excluding hydrogens is 152 g/mol. The molecule has 2 aliphatic rings. The van der Waals surface area contributed by atoms with E-state index in [2.05, 4.69) is 10.3 Å². The SMILES string of the molecule is C1Cc2oc(C3CC3)nc2CN1. The molecule has 3 rings (SSSR count). The highest BCUT2D eigenvalue weighted by Gasteiger charge is 2.30. The molecule has 0 bridgehead atoms. The molecule has 0 saturated heterocycles. The van der Waals surface area contributed by atoms with Gasteiger partial charge in [-0.15, -0.1) is 0 Å². The van der Waals surface area contributed by atoms with E-state index >= 15 is 0 Å². The van der Waals surface area contributed by atoms with E-state index in [1.165, 1.54) is 12.8 Å². The number of nitrogens with one attached hydrogen (secondary N) is 1. The maximum Gasteiger partial charge on any atom is 0.197 e. The van der Waals surface area contributed by atoms with E-state index < -0.39 is 0 Å². The number of rotatable bonds is 1.